The van der Waals surface area contributed by atoms with Gasteiger partial charge < -0.3 is 10.6 Å². The topological polar surface area (TPSA) is 41.1 Å². The quantitative estimate of drug-likeness (QED) is 0.821. The van der Waals surface area contributed by atoms with Crippen molar-refractivity contribution in [3.05, 3.63) is 20.3 Å². The molecule has 1 amide bonds. The highest BCUT2D eigenvalue weighted by Crippen LogP contribution is 2.26. The minimum atomic E-state index is 0.00403. The lowest BCUT2D eigenvalue weighted by Gasteiger charge is -2.08. The van der Waals surface area contributed by atoms with Crippen LogP contribution in [0.3, 0.4) is 0 Å². The maximum absolute atomic E-state index is 11.7. The van der Waals surface area contributed by atoms with Gasteiger partial charge in [-0.2, -0.15) is 0 Å². The van der Waals surface area contributed by atoms with Crippen molar-refractivity contribution in [1.29, 1.82) is 0 Å². The smallest absolute Gasteiger partial charge is 0.261 e. The molecule has 0 aromatic carbocycles. The molecule has 0 aliphatic rings. The number of hydrogen-bond donors (Lipinski definition) is 2. The molecule has 0 saturated carbocycles. The number of carbonyl (C=O) groups excluding carboxylic acids is 1. The highest BCUT2D eigenvalue weighted by atomic mass is 79.9. The zero-order valence-electron chi connectivity index (χ0n) is 9.76. The van der Waals surface area contributed by atoms with E-state index in [0.717, 1.165) is 20.8 Å². The molecule has 0 fully saturated rings. The summed E-state index contributed by atoms with van der Waals surface area (Å²) in [6.07, 6.45) is 0. The monoisotopic (exact) mass is 304 g/mol. The van der Waals surface area contributed by atoms with Crippen LogP contribution in [0.1, 0.15) is 29.1 Å². The van der Waals surface area contributed by atoms with Gasteiger partial charge in [-0.05, 0) is 34.5 Å². The van der Waals surface area contributed by atoms with Crippen molar-refractivity contribution in [1.82, 2.24) is 10.6 Å². The second-order valence-electron chi connectivity index (χ2n) is 3.93. The summed E-state index contributed by atoms with van der Waals surface area (Å²) in [5.74, 6) is 0.00403. The molecule has 2 N–H and O–H groups in total. The first-order valence-electron chi connectivity index (χ1n) is 5.28. The van der Waals surface area contributed by atoms with Crippen LogP contribution in [0.5, 0.6) is 0 Å². The summed E-state index contributed by atoms with van der Waals surface area (Å²) < 4.78 is 1.03. The lowest BCUT2D eigenvalue weighted by molar-refractivity contribution is 0.0957. The van der Waals surface area contributed by atoms with Gasteiger partial charge in [-0.15, -0.1) is 11.3 Å². The van der Waals surface area contributed by atoms with Crippen LogP contribution in [-0.4, -0.2) is 25.0 Å². The van der Waals surface area contributed by atoms with Crippen molar-refractivity contribution < 1.29 is 4.79 Å². The average molecular weight is 305 g/mol. The number of nitrogens with one attached hydrogen (secondary N) is 2. The van der Waals surface area contributed by atoms with Gasteiger partial charge in [0.25, 0.3) is 5.91 Å². The average Bonchev–Trinajstić information content (AvgIpc) is 2.54. The van der Waals surface area contributed by atoms with Gasteiger partial charge in [-0.1, -0.05) is 13.8 Å². The van der Waals surface area contributed by atoms with Gasteiger partial charge in [0.05, 0.1) is 8.66 Å². The second-order valence-corrected chi connectivity index (χ2v) is 6.30. The van der Waals surface area contributed by atoms with Crippen LogP contribution in [0.2, 0.25) is 0 Å². The van der Waals surface area contributed by atoms with Crippen LogP contribution in [0.4, 0.5) is 0 Å². The van der Waals surface area contributed by atoms with Gasteiger partial charge in [-0.25, -0.2) is 0 Å². The Morgan fingerprint density at radius 3 is 2.69 bits per heavy atom. The lowest BCUT2D eigenvalue weighted by Crippen LogP contribution is -2.34. The molecule has 0 atom stereocenters. The van der Waals surface area contributed by atoms with E-state index in [1.54, 1.807) is 0 Å². The number of halogens is 1. The third-order valence-electron chi connectivity index (χ3n) is 2.04. The van der Waals surface area contributed by atoms with E-state index >= 15 is 0 Å². The SMILES string of the molecule is Cc1cc(C(=O)NCCNC(C)C)sc1Br. The Balaban J connectivity index is 2.35. The Labute approximate surface area is 109 Å². The summed E-state index contributed by atoms with van der Waals surface area (Å²) in [4.78, 5) is 12.5. The molecule has 0 bridgehead atoms. The molecule has 0 saturated heterocycles. The molecule has 1 aromatic rings. The van der Waals surface area contributed by atoms with E-state index in [9.17, 15) is 4.79 Å². The first-order valence-corrected chi connectivity index (χ1v) is 6.89. The molecular weight excluding hydrogens is 288 g/mol. The molecule has 0 radical (unpaired) electrons. The largest absolute Gasteiger partial charge is 0.350 e. The Hall–Kier alpha value is -0.390. The van der Waals surface area contributed by atoms with Crippen molar-refractivity contribution in [3.8, 4) is 0 Å². The summed E-state index contributed by atoms with van der Waals surface area (Å²) in [6, 6.07) is 2.36. The molecule has 0 unspecified atom stereocenters. The minimum absolute atomic E-state index is 0.00403. The van der Waals surface area contributed by atoms with Gasteiger partial charge in [0, 0.05) is 19.1 Å². The van der Waals surface area contributed by atoms with Crippen molar-refractivity contribution >= 4 is 33.2 Å². The third kappa shape index (κ3) is 4.23. The van der Waals surface area contributed by atoms with Crippen molar-refractivity contribution in [2.45, 2.75) is 26.8 Å². The summed E-state index contributed by atoms with van der Waals surface area (Å²) in [7, 11) is 0. The van der Waals surface area contributed by atoms with E-state index in [1.165, 1.54) is 11.3 Å². The van der Waals surface area contributed by atoms with Gasteiger partial charge in [-0.3, -0.25) is 4.79 Å². The highest BCUT2D eigenvalue weighted by Gasteiger charge is 2.10. The number of amides is 1. The summed E-state index contributed by atoms with van der Waals surface area (Å²) in [5.41, 5.74) is 1.11. The van der Waals surface area contributed by atoms with Gasteiger partial charge in [0.1, 0.15) is 0 Å². The maximum Gasteiger partial charge on any atom is 0.261 e. The molecule has 0 aliphatic heterocycles. The zero-order valence-corrected chi connectivity index (χ0v) is 12.2. The highest BCUT2D eigenvalue weighted by molar-refractivity contribution is 9.11. The number of hydrogen-bond acceptors (Lipinski definition) is 3. The molecule has 0 aliphatic carbocycles. The first-order chi connectivity index (χ1) is 7.50. The van der Waals surface area contributed by atoms with Crippen LogP contribution in [0, 0.1) is 6.92 Å². The van der Waals surface area contributed by atoms with Crippen molar-refractivity contribution in [2.75, 3.05) is 13.1 Å². The molecule has 3 nitrogen and oxygen atoms in total. The standard InChI is InChI=1S/C11H17BrN2OS/c1-7(2)13-4-5-14-11(15)9-6-8(3)10(12)16-9/h6-7,13H,4-5H2,1-3H3,(H,14,15). The fourth-order valence-electron chi connectivity index (χ4n) is 1.20. The number of aryl methyl sites for hydroxylation is 1. The van der Waals surface area contributed by atoms with Gasteiger partial charge in [0.15, 0.2) is 0 Å². The number of rotatable bonds is 5. The molecule has 90 valence electrons. The first kappa shape index (κ1) is 13.7. The van der Waals surface area contributed by atoms with E-state index in [1.807, 2.05) is 13.0 Å². The van der Waals surface area contributed by atoms with Crippen molar-refractivity contribution in [3.63, 3.8) is 0 Å². The minimum Gasteiger partial charge on any atom is -0.350 e. The summed E-state index contributed by atoms with van der Waals surface area (Å²) >= 11 is 4.88. The van der Waals surface area contributed by atoms with E-state index in [0.29, 0.717) is 12.6 Å². The van der Waals surface area contributed by atoms with Crippen LogP contribution in [0.15, 0.2) is 9.85 Å². The zero-order chi connectivity index (χ0) is 12.1. The van der Waals surface area contributed by atoms with E-state index in [2.05, 4.69) is 40.4 Å². The molecule has 1 heterocycles. The van der Waals surface area contributed by atoms with E-state index in [4.69, 9.17) is 0 Å². The van der Waals surface area contributed by atoms with Gasteiger partial charge in [0.2, 0.25) is 0 Å². The van der Waals surface area contributed by atoms with E-state index < -0.39 is 0 Å². The Bertz CT molecular complexity index is 343. The fourth-order valence-corrected chi connectivity index (χ4v) is 2.65. The summed E-state index contributed by atoms with van der Waals surface area (Å²) in [5, 5.41) is 6.13. The fraction of sp³-hybridized carbons (Fsp3) is 0.545. The maximum atomic E-state index is 11.7. The Morgan fingerprint density at radius 1 is 1.50 bits per heavy atom. The molecular formula is C11H17BrN2OS. The molecule has 16 heavy (non-hydrogen) atoms. The molecule has 1 aromatic heterocycles. The van der Waals surface area contributed by atoms with Crippen LogP contribution in [-0.2, 0) is 0 Å². The van der Waals surface area contributed by atoms with Crippen LogP contribution < -0.4 is 10.6 Å². The lowest BCUT2D eigenvalue weighted by atomic mass is 10.3. The summed E-state index contributed by atoms with van der Waals surface area (Å²) in [6.45, 7) is 7.61. The number of thiophene rings is 1. The Kier molecular flexibility index (Phi) is 5.44. The van der Waals surface area contributed by atoms with Crippen LogP contribution in [0.25, 0.3) is 0 Å². The predicted octanol–water partition coefficient (Wildman–Crippen LogP) is 2.55. The van der Waals surface area contributed by atoms with Crippen LogP contribution >= 0.6 is 27.3 Å². The van der Waals surface area contributed by atoms with Gasteiger partial charge >= 0.3 is 0 Å². The van der Waals surface area contributed by atoms with Crippen molar-refractivity contribution in [2.24, 2.45) is 0 Å². The second kappa shape index (κ2) is 6.37. The third-order valence-corrected chi connectivity index (χ3v) is 4.18. The Morgan fingerprint density at radius 2 is 2.19 bits per heavy atom. The predicted molar refractivity (Wildman–Crippen MR) is 72.2 cm³/mol. The van der Waals surface area contributed by atoms with E-state index in [-0.39, 0.29) is 5.91 Å². The molecule has 5 heteroatoms. The molecule has 1 rings (SSSR count). The normalized spacial score (nSPS) is 10.8. The number of carbonyl (C=O) groups is 1. The molecule has 0 spiro atoms.